The van der Waals surface area contributed by atoms with Crippen LogP contribution in [0.1, 0.15) is 42.1 Å². The smallest absolute Gasteiger partial charge is 0.394 e. The van der Waals surface area contributed by atoms with Gasteiger partial charge in [-0.2, -0.15) is 10.5 Å². The van der Waals surface area contributed by atoms with Crippen molar-refractivity contribution in [3.8, 4) is 12.1 Å². The predicted molar refractivity (Wildman–Crippen MR) is 212 cm³/mol. The molecule has 1 aromatic carbocycles. The average Bonchev–Trinajstić information content (AvgIpc) is 4.08. The molecule has 9 atom stereocenters. The van der Waals surface area contributed by atoms with Gasteiger partial charge in [0.25, 0.3) is 11.5 Å². The van der Waals surface area contributed by atoms with Crippen molar-refractivity contribution in [1.82, 2.24) is 39.0 Å². The quantitative estimate of drug-likeness (QED) is 0.0535. The van der Waals surface area contributed by atoms with Gasteiger partial charge < -0.3 is 24.9 Å². The molecule has 3 N–H and O–H groups in total. The van der Waals surface area contributed by atoms with Gasteiger partial charge in [0.15, 0.2) is 40.5 Å². The number of imidazole rings is 2. The fraction of sp³-hybridized carbons (Fsp3) is 0.417. The number of phosphoric ester groups is 2. The number of nitrogens with zero attached hydrogens (tertiary/aromatic N) is 9. The van der Waals surface area contributed by atoms with E-state index in [-0.39, 0.29) is 60.6 Å². The highest BCUT2D eigenvalue weighted by molar-refractivity contribution is 7.48. The van der Waals surface area contributed by atoms with E-state index in [2.05, 4.69) is 41.8 Å². The van der Waals surface area contributed by atoms with Crippen molar-refractivity contribution < 1.29 is 60.0 Å². The molecule has 0 aliphatic carbocycles. The SMILES string of the molecule is C=CCOP(=O)(OCCC#N)O[C@H]1CC(n2cnc3c(NC(=O)c4ccccc4)ncnc32)OC1COP(=O)(OCCC#N)O[C@@H]1C(CO)OC(n2cnc3c(=O)[nH]cnc32)[C@@H]1F. The van der Waals surface area contributed by atoms with Crippen LogP contribution < -0.4 is 10.9 Å². The van der Waals surface area contributed by atoms with Crippen molar-refractivity contribution in [3.63, 3.8) is 0 Å². The summed E-state index contributed by atoms with van der Waals surface area (Å²) in [5.41, 5.74) is -0.0589. The molecule has 2 aliphatic heterocycles. The van der Waals surface area contributed by atoms with E-state index in [4.69, 9.17) is 41.9 Å². The van der Waals surface area contributed by atoms with Crippen LogP contribution in [0, 0.1) is 22.7 Å². The lowest BCUT2D eigenvalue weighted by atomic mass is 10.1. The first-order valence-electron chi connectivity index (χ1n) is 19.0. The van der Waals surface area contributed by atoms with E-state index in [1.54, 1.807) is 30.3 Å². The van der Waals surface area contributed by atoms with Crippen LogP contribution in [-0.4, -0.2) is 114 Å². The minimum Gasteiger partial charge on any atom is -0.394 e. The van der Waals surface area contributed by atoms with Crippen LogP contribution in [0.15, 0.2) is 73.1 Å². The highest BCUT2D eigenvalue weighted by Gasteiger charge is 2.52. The Morgan fingerprint density at radius 3 is 2.37 bits per heavy atom. The summed E-state index contributed by atoms with van der Waals surface area (Å²) in [7, 11) is -9.44. The van der Waals surface area contributed by atoms with Gasteiger partial charge in [0, 0.05) is 12.0 Å². The number of alkyl halides is 1. The number of fused-ring (bicyclic) bond motifs is 2. The number of amides is 1. The Bertz CT molecular complexity index is 2660. The Morgan fingerprint density at radius 1 is 0.952 bits per heavy atom. The Labute approximate surface area is 355 Å². The molecule has 24 nitrogen and oxygen atoms in total. The Hall–Kier alpha value is -5.66. The number of aromatic amines is 1. The second-order valence-electron chi connectivity index (χ2n) is 13.5. The molecule has 2 fully saturated rings. The number of nitriles is 2. The lowest BCUT2D eigenvalue weighted by Crippen LogP contribution is -2.34. The van der Waals surface area contributed by atoms with Crippen LogP contribution >= 0.6 is 15.6 Å². The summed E-state index contributed by atoms with van der Waals surface area (Å²) in [4.78, 5) is 48.5. The number of benzene rings is 1. The number of hydrogen-bond acceptors (Lipinski definition) is 20. The molecule has 6 heterocycles. The van der Waals surface area contributed by atoms with E-state index >= 15 is 4.39 Å². The van der Waals surface area contributed by atoms with Crippen LogP contribution in [0.5, 0.6) is 0 Å². The van der Waals surface area contributed by atoms with E-state index in [9.17, 15) is 29.1 Å². The summed E-state index contributed by atoms with van der Waals surface area (Å²) >= 11 is 0. The molecule has 2 saturated heterocycles. The minimum atomic E-state index is -4.95. The van der Waals surface area contributed by atoms with E-state index in [1.165, 1.54) is 23.3 Å². The van der Waals surface area contributed by atoms with Crippen LogP contribution in [0.3, 0.4) is 0 Å². The highest BCUT2D eigenvalue weighted by atomic mass is 31.2. The number of nitrogens with one attached hydrogen (secondary N) is 2. The van der Waals surface area contributed by atoms with Gasteiger partial charge in [0.2, 0.25) is 0 Å². The second-order valence-corrected chi connectivity index (χ2v) is 16.7. The molecule has 7 rings (SSSR count). The first-order chi connectivity index (χ1) is 30.5. The zero-order valence-electron chi connectivity index (χ0n) is 32.8. The molecule has 2 aliphatic rings. The molecular weight excluding hydrogens is 875 g/mol. The van der Waals surface area contributed by atoms with Gasteiger partial charge in [-0.3, -0.25) is 45.9 Å². The van der Waals surface area contributed by atoms with Crippen molar-refractivity contribution >= 4 is 49.7 Å². The summed E-state index contributed by atoms with van der Waals surface area (Å²) in [5, 5.41) is 31.2. The number of carbonyl (C=O) groups is 1. The summed E-state index contributed by atoms with van der Waals surface area (Å²) in [6.45, 7) is 0.828. The van der Waals surface area contributed by atoms with E-state index in [0.29, 0.717) is 5.56 Å². The number of aliphatic hydroxyl groups excluding tert-OH is 1. The van der Waals surface area contributed by atoms with E-state index in [1.807, 2.05) is 12.1 Å². The van der Waals surface area contributed by atoms with Crippen LogP contribution in [-0.2, 0) is 45.7 Å². The molecular formula is C36H38FN11O13P2. The average molecular weight is 914 g/mol. The summed E-state index contributed by atoms with van der Waals surface area (Å²) in [6, 6.07) is 12.1. The molecule has 0 radical (unpaired) electrons. The summed E-state index contributed by atoms with van der Waals surface area (Å²) in [5.74, 6) is -0.382. The third kappa shape index (κ3) is 10.3. The minimum absolute atomic E-state index is 0.0522. The fourth-order valence-electron chi connectivity index (χ4n) is 6.52. The molecule has 332 valence electrons. The molecule has 4 aromatic heterocycles. The summed E-state index contributed by atoms with van der Waals surface area (Å²) < 4.78 is 92.9. The van der Waals surface area contributed by atoms with Gasteiger partial charge in [-0.1, -0.05) is 24.3 Å². The van der Waals surface area contributed by atoms with Crippen molar-refractivity contribution in [3.05, 3.63) is 84.2 Å². The lowest BCUT2D eigenvalue weighted by Gasteiger charge is -2.27. The number of H-pyrrole nitrogens is 1. The number of phosphoric acid groups is 2. The monoisotopic (exact) mass is 913 g/mol. The zero-order valence-corrected chi connectivity index (χ0v) is 34.6. The van der Waals surface area contributed by atoms with Gasteiger partial charge >= 0.3 is 15.6 Å². The molecule has 6 unspecified atom stereocenters. The molecule has 27 heteroatoms. The Kier molecular flexibility index (Phi) is 14.6. The molecule has 0 spiro atoms. The van der Waals surface area contributed by atoms with Crippen molar-refractivity contribution in [2.24, 2.45) is 0 Å². The maximum absolute atomic E-state index is 16.4. The number of hydrogen-bond donors (Lipinski definition) is 3. The van der Waals surface area contributed by atoms with Crippen LogP contribution in [0.2, 0.25) is 0 Å². The molecule has 5 aromatic rings. The number of anilines is 1. The third-order valence-corrected chi connectivity index (χ3v) is 12.4. The lowest BCUT2D eigenvalue weighted by molar-refractivity contribution is -0.0584. The number of ether oxygens (including phenoxy) is 2. The molecule has 0 bridgehead atoms. The van der Waals surface area contributed by atoms with Gasteiger partial charge in [-0.25, -0.2) is 38.4 Å². The Balaban J connectivity index is 1.15. The first kappa shape index (κ1) is 45.4. The number of rotatable bonds is 21. The second kappa shape index (κ2) is 20.2. The molecule has 1 amide bonds. The van der Waals surface area contributed by atoms with Gasteiger partial charge in [0.1, 0.15) is 37.0 Å². The topological polar surface area (TPSA) is 312 Å². The molecule has 63 heavy (non-hydrogen) atoms. The van der Waals surface area contributed by atoms with Gasteiger partial charge in [-0.15, -0.1) is 6.58 Å². The van der Waals surface area contributed by atoms with Crippen molar-refractivity contribution in [1.29, 1.82) is 10.5 Å². The van der Waals surface area contributed by atoms with Crippen LogP contribution in [0.4, 0.5) is 10.2 Å². The number of halogens is 1. The summed E-state index contributed by atoms with van der Waals surface area (Å²) in [6.07, 6.45) is -5.33. The third-order valence-electron chi connectivity index (χ3n) is 9.39. The van der Waals surface area contributed by atoms with Crippen molar-refractivity contribution in [2.75, 3.05) is 38.4 Å². The number of aromatic nitrogens is 8. The number of carbonyl (C=O) groups excluding carboxylic acids is 1. The predicted octanol–water partition coefficient (Wildman–Crippen LogP) is 3.79. The standard InChI is InChI=1S/C36H38FN11O13P2/c1-2-12-54-62(52,55-13-6-10-38)60-23-15-26(47-20-44-28-31(40-18-41-32(28)47)46-34(50)22-8-4-3-5-9-22)58-25(23)17-57-63(53,56-14-7-11-39)61-30-24(16-49)59-36(27(30)37)48-21-45-29-33(48)42-19-43-35(29)51/h2-5,8-9,18-21,23-27,30,36,49H,1,6-7,12-17H2,(H,42,43,51)(H,40,41,46,50)/t23-,24?,25?,26?,27+,30+,36?,62?,63?/m0/s1. The maximum atomic E-state index is 16.4. The highest BCUT2D eigenvalue weighted by Crippen LogP contribution is 2.56. The maximum Gasteiger partial charge on any atom is 0.475 e. The normalized spacial score (nSPS) is 24.1. The van der Waals surface area contributed by atoms with Gasteiger partial charge in [0.05, 0.1) is 77.0 Å². The fourth-order valence-corrected chi connectivity index (χ4v) is 9.27. The van der Waals surface area contributed by atoms with Crippen LogP contribution in [0.25, 0.3) is 22.3 Å². The zero-order chi connectivity index (χ0) is 44.6. The molecule has 0 saturated carbocycles. The number of aliphatic hydroxyl groups is 1. The van der Waals surface area contributed by atoms with Crippen molar-refractivity contribution in [2.45, 2.75) is 62.3 Å². The first-order valence-corrected chi connectivity index (χ1v) is 21.9. The van der Waals surface area contributed by atoms with E-state index in [0.717, 1.165) is 17.2 Å². The van der Waals surface area contributed by atoms with E-state index < -0.39 is 90.0 Å². The van der Waals surface area contributed by atoms with Gasteiger partial charge in [-0.05, 0) is 12.1 Å². The largest absolute Gasteiger partial charge is 0.475 e. The Morgan fingerprint density at radius 2 is 1.65 bits per heavy atom.